The third kappa shape index (κ3) is 6.00. The van der Waals surface area contributed by atoms with E-state index in [1.807, 2.05) is 0 Å². The van der Waals surface area contributed by atoms with Crippen LogP contribution in [0.5, 0.6) is 0 Å². The number of methoxy groups -OCH3 is 1. The highest BCUT2D eigenvalue weighted by atomic mass is 16.5. The van der Waals surface area contributed by atoms with E-state index in [4.69, 9.17) is 9.47 Å². The van der Waals surface area contributed by atoms with Gasteiger partial charge >= 0.3 is 0 Å². The molecule has 0 bridgehead atoms. The highest BCUT2D eigenvalue weighted by Gasteiger charge is 2.19. The van der Waals surface area contributed by atoms with Crippen molar-refractivity contribution >= 4 is 5.91 Å². The van der Waals surface area contributed by atoms with Crippen LogP contribution in [0.2, 0.25) is 0 Å². The van der Waals surface area contributed by atoms with Gasteiger partial charge in [0.1, 0.15) is 6.61 Å². The third-order valence-electron chi connectivity index (χ3n) is 3.06. The van der Waals surface area contributed by atoms with Crippen LogP contribution in [-0.4, -0.2) is 63.4 Å². The van der Waals surface area contributed by atoms with E-state index in [0.717, 1.165) is 32.5 Å². The van der Waals surface area contributed by atoms with E-state index in [1.165, 1.54) is 0 Å². The molecule has 0 aromatic rings. The summed E-state index contributed by atoms with van der Waals surface area (Å²) in [4.78, 5) is 13.9. The first-order valence-electron chi connectivity index (χ1n) is 6.34. The fourth-order valence-electron chi connectivity index (χ4n) is 1.97. The van der Waals surface area contributed by atoms with Crippen LogP contribution in [0.3, 0.4) is 0 Å². The molecule has 5 heteroatoms. The van der Waals surface area contributed by atoms with Gasteiger partial charge in [-0.2, -0.15) is 0 Å². The second kappa shape index (κ2) is 8.44. The summed E-state index contributed by atoms with van der Waals surface area (Å²) in [6, 6.07) is 0.316. The van der Waals surface area contributed by atoms with Gasteiger partial charge in [-0.05, 0) is 19.4 Å². The normalized spacial score (nSPS) is 18.2. The van der Waals surface area contributed by atoms with E-state index in [0.29, 0.717) is 19.3 Å². The molecule has 1 aliphatic rings. The molecule has 1 heterocycles. The van der Waals surface area contributed by atoms with Gasteiger partial charge in [-0.1, -0.05) is 6.92 Å². The second-order valence-electron chi connectivity index (χ2n) is 4.32. The summed E-state index contributed by atoms with van der Waals surface area (Å²) in [6.45, 7) is 6.55. The Morgan fingerprint density at radius 1 is 1.35 bits per heavy atom. The monoisotopic (exact) mass is 244 g/mol. The number of nitrogens with zero attached hydrogens (tertiary/aromatic N) is 1. The third-order valence-corrected chi connectivity index (χ3v) is 3.06. The molecule has 1 rings (SSSR count). The van der Waals surface area contributed by atoms with Gasteiger partial charge in [0.15, 0.2) is 0 Å². The maximum absolute atomic E-state index is 11.5. The zero-order valence-electron chi connectivity index (χ0n) is 10.9. The number of amides is 1. The van der Waals surface area contributed by atoms with Crippen LogP contribution in [0.25, 0.3) is 0 Å². The maximum atomic E-state index is 11.5. The zero-order valence-corrected chi connectivity index (χ0v) is 10.9. The number of nitrogens with one attached hydrogen (secondary N) is 1. The van der Waals surface area contributed by atoms with Crippen molar-refractivity contribution in [3.63, 3.8) is 0 Å². The van der Waals surface area contributed by atoms with Crippen molar-refractivity contribution in [2.45, 2.75) is 25.8 Å². The predicted octanol–water partition coefficient (Wildman–Crippen LogP) is 0.250. The minimum atomic E-state index is -0.0175. The number of hydrogen-bond acceptors (Lipinski definition) is 4. The Bertz CT molecular complexity index is 216. The lowest BCUT2D eigenvalue weighted by molar-refractivity contribution is -0.127. The van der Waals surface area contributed by atoms with Crippen molar-refractivity contribution in [2.24, 2.45) is 0 Å². The Morgan fingerprint density at radius 2 is 2.06 bits per heavy atom. The Balaban J connectivity index is 2.06. The van der Waals surface area contributed by atoms with Gasteiger partial charge < -0.3 is 19.7 Å². The molecule has 100 valence electrons. The molecule has 0 atom stereocenters. The number of likely N-dealkylation sites (tertiary alicyclic amines) is 1. The van der Waals surface area contributed by atoms with Crippen LogP contribution in [0.4, 0.5) is 0 Å². The number of carbonyl (C=O) groups is 1. The van der Waals surface area contributed by atoms with Gasteiger partial charge in [-0.25, -0.2) is 0 Å². The summed E-state index contributed by atoms with van der Waals surface area (Å²) in [5, 5.41) is 3.01. The standard InChI is InChI=1S/C12H24N2O3/c1-3-14-6-4-11(5-7-14)13-12(15)10-17-9-8-16-2/h11H,3-10H2,1-2H3,(H,13,15). The summed E-state index contributed by atoms with van der Waals surface area (Å²) < 4.78 is 10.0. The summed E-state index contributed by atoms with van der Waals surface area (Å²) in [6.07, 6.45) is 2.08. The van der Waals surface area contributed by atoms with Gasteiger partial charge in [-0.3, -0.25) is 4.79 Å². The lowest BCUT2D eigenvalue weighted by Crippen LogP contribution is -2.45. The Hall–Kier alpha value is -0.650. The molecule has 5 nitrogen and oxygen atoms in total. The molecule has 1 saturated heterocycles. The Kier molecular flexibility index (Phi) is 7.16. The average Bonchev–Trinajstić information content (AvgIpc) is 2.36. The number of piperidine rings is 1. The predicted molar refractivity (Wildman–Crippen MR) is 66.0 cm³/mol. The Morgan fingerprint density at radius 3 is 2.65 bits per heavy atom. The molecule has 1 N–H and O–H groups in total. The maximum Gasteiger partial charge on any atom is 0.246 e. The Labute approximate surface area is 103 Å². The average molecular weight is 244 g/mol. The molecule has 0 aromatic heterocycles. The van der Waals surface area contributed by atoms with Gasteiger partial charge in [0.25, 0.3) is 0 Å². The van der Waals surface area contributed by atoms with E-state index < -0.39 is 0 Å². The summed E-state index contributed by atoms with van der Waals surface area (Å²) >= 11 is 0. The van der Waals surface area contributed by atoms with Gasteiger partial charge in [-0.15, -0.1) is 0 Å². The minimum Gasteiger partial charge on any atom is -0.382 e. The molecule has 0 radical (unpaired) electrons. The molecular formula is C12H24N2O3. The van der Waals surface area contributed by atoms with Crippen molar-refractivity contribution in [1.82, 2.24) is 10.2 Å². The molecule has 1 fully saturated rings. The SMILES string of the molecule is CCN1CCC(NC(=O)COCCOC)CC1. The van der Waals surface area contributed by atoms with Crippen molar-refractivity contribution in [2.75, 3.05) is 46.6 Å². The quantitative estimate of drug-likeness (QED) is 0.652. The van der Waals surface area contributed by atoms with Crippen LogP contribution in [0.15, 0.2) is 0 Å². The van der Waals surface area contributed by atoms with Crippen LogP contribution in [0.1, 0.15) is 19.8 Å². The van der Waals surface area contributed by atoms with Crippen LogP contribution in [0, 0.1) is 0 Å². The number of rotatable bonds is 7. The summed E-state index contributed by atoms with van der Waals surface area (Å²) in [5.41, 5.74) is 0. The van der Waals surface area contributed by atoms with E-state index in [-0.39, 0.29) is 12.5 Å². The lowest BCUT2D eigenvalue weighted by Gasteiger charge is -2.31. The fourth-order valence-corrected chi connectivity index (χ4v) is 1.97. The summed E-state index contributed by atoms with van der Waals surface area (Å²) in [7, 11) is 1.62. The van der Waals surface area contributed by atoms with Gasteiger partial charge in [0.2, 0.25) is 5.91 Å². The molecule has 17 heavy (non-hydrogen) atoms. The van der Waals surface area contributed by atoms with Crippen LogP contribution in [-0.2, 0) is 14.3 Å². The van der Waals surface area contributed by atoms with E-state index in [1.54, 1.807) is 7.11 Å². The molecule has 1 amide bonds. The first kappa shape index (κ1) is 14.4. The largest absolute Gasteiger partial charge is 0.382 e. The van der Waals surface area contributed by atoms with Crippen molar-refractivity contribution in [3.05, 3.63) is 0 Å². The first-order chi connectivity index (χ1) is 8.26. The molecule has 0 saturated carbocycles. The number of ether oxygens (including phenoxy) is 2. The van der Waals surface area contributed by atoms with Crippen LogP contribution >= 0.6 is 0 Å². The second-order valence-corrected chi connectivity index (χ2v) is 4.32. The molecule has 0 aromatic carbocycles. The molecule has 0 aliphatic carbocycles. The topological polar surface area (TPSA) is 50.8 Å². The lowest BCUT2D eigenvalue weighted by atomic mass is 10.1. The summed E-state index contributed by atoms with van der Waals surface area (Å²) in [5.74, 6) is -0.0175. The van der Waals surface area contributed by atoms with Crippen molar-refractivity contribution in [3.8, 4) is 0 Å². The first-order valence-corrected chi connectivity index (χ1v) is 6.34. The number of hydrogen-bond donors (Lipinski definition) is 1. The molecule has 0 spiro atoms. The highest BCUT2D eigenvalue weighted by Crippen LogP contribution is 2.09. The van der Waals surface area contributed by atoms with E-state index in [2.05, 4.69) is 17.1 Å². The smallest absolute Gasteiger partial charge is 0.246 e. The minimum absolute atomic E-state index is 0.0175. The van der Waals surface area contributed by atoms with E-state index >= 15 is 0 Å². The van der Waals surface area contributed by atoms with Crippen molar-refractivity contribution < 1.29 is 14.3 Å². The van der Waals surface area contributed by atoms with Gasteiger partial charge in [0.05, 0.1) is 13.2 Å². The zero-order chi connectivity index (χ0) is 12.5. The number of carbonyl (C=O) groups excluding carboxylic acids is 1. The van der Waals surface area contributed by atoms with E-state index in [9.17, 15) is 4.79 Å². The molecule has 1 aliphatic heterocycles. The molecule has 0 unspecified atom stereocenters. The molecular weight excluding hydrogens is 220 g/mol. The van der Waals surface area contributed by atoms with Crippen molar-refractivity contribution in [1.29, 1.82) is 0 Å². The van der Waals surface area contributed by atoms with Gasteiger partial charge in [0, 0.05) is 26.2 Å². The van der Waals surface area contributed by atoms with Crippen LogP contribution < -0.4 is 5.32 Å². The fraction of sp³-hybridized carbons (Fsp3) is 0.917. The highest BCUT2D eigenvalue weighted by molar-refractivity contribution is 5.77.